The van der Waals surface area contributed by atoms with E-state index in [1.165, 1.54) is 37.7 Å². The minimum atomic E-state index is 0.413. The summed E-state index contributed by atoms with van der Waals surface area (Å²) in [5.74, 6) is 0. The van der Waals surface area contributed by atoms with Gasteiger partial charge in [0.2, 0.25) is 0 Å². The molecule has 3 aliphatic rings. The number of rotatable bonds is 0. The van der Waals surface area contributed by atoms with E-state index in [4.69, 9.17) is 0 Å². The molecule has 0 unspecified atom stereocenters. The molecule has 0 N–H and O–H groups in total. The Morgan fingerprint density at radius 1 is 1.27 bits per heavy atom. The monoisotopic (exact) mass is 202 g/mol. The van der Waals surface area contributed by atoms with Gasteiger partial charge in [-0.25, -0.2) is 0 Å². The maximum atomic E-state index is 4.43. The zero-order chi connectivity index (χ0) is 10.9. The van der Waals surface area contributed by atoms with Crippen molar-refractivity contribution in [3.63, 3.8) is 0 Å². The number of allylic oxidation sites excluding steroid dienone is 3. The predicted molar refractivity (Wildman–Crippen MR) is 64.6 cm³/mol. The van der Waals surface area contributed by atoms with Crippen molar-refractivity contribution in [1.82, 2.24) is 0 Å². The Balaban J connectivity index is 2.25. The molecule has 0 aromatic rings. The standard InChI is InChI=1S/C15H22/c1-11-6-9-14-7-5-8-15(11,14)12(2)10-13(14,3)4/h6H,2,5,7-10H2,1,3-4H3/t14-,15+/m0/s1. The third kappa shape index (κ3) is 0.756. The summed E-state index contributed by atoms with van der Waals surface area (Å²) in [6.45, 7) is 11.7. The summed E-state index contributed by atoms with van der Waals surface area (Å²) in [7, 11) is 0. The highest BCUT2D eigenvalue weighted by molar-refractivity contribution is 5.45. The summed E-state index contributed by atoms with van der Waals surface area (Å²) in [5.41, 5.74) is 4.60. The van der Waals surface area contributed by atoms with Crippen LogP contribution < -0.4 is 0 Å². The molecule has 3 rings (SSSR count). The van der Waals surface area contributed by atoms with Gasteiger partial charge in [-0.05, 0) is 43.4 Å². The van der Waals surface area contributed by atoms with Crippen molar-refractivity contribution in [2.45, 2.75) is 52.9 Å². The number of hydrogen-bond donors (Lipinski definition) is 0. The van der Waals surface area contributed by atoms with E-state index in [2.05, 4.69) is 33.4 Å². The van der Waals surface area contributed by atoms with E-state index in [1.54, 1.807) is 5.57 Å². The van der Waals surface area contributed by atoms with E-state index in [0.29, 0.717) is 16.2 Å². The first-order valence-corrected chi connectivity index (χ1v) is 6.32. The number of hydrogen-bond acceptors (Lipinski definition) is 0. The second kappa shape index (κ2) is 2.42. The van der Waals surface area contributed by atoms with E-state index in [1.807, 2.05) is 0 Å². The summed E-state index contributed by atoms with van der Waals surface area (Å²) >= 11 is 0. The van der Waals surface area contributed by atoms with Gasteiger partial charge in [-0.15, -0.1) is 0 Å². The fraction of sp³-hybridized carbons (Fsp3) is 0.733. The molecular weight excluding hydrogens is 180 g/mol. The van der Waals surface area contributed by atoms with Crippen LogP contribution >= 0.6 is 0 Å². The van der Waals surface area contributed by atoms with Gasteiger partial charge in [-0.2, -0.15) is 0 Å². The lowest BCUT2D eigenvalue weighted by Crippen LogP contribution is -2.38. The van der Waals surface area contributed by atoms with Crippen molar-refractivity contribution in [1.29, 1.82) is 0 Å². The third-order valence-corrected chi connectivity index (χ3v) is 5.96. The summed E-state index contributed by atoms with van der Waals surface area (Å²) in [5, 5.41) is 0. The molecule has 0 aliphatic heterocycles. The molecule has 0 amide bonds. The molecule has 2 fully saturated rings. The molecule has 0 aromatic carbocycles. The Kier molecular flexibility index (Phi) is 1.56. The second-order valence-corrected chi connectivity index (χ2v) is 6.60. The highest BCUT2D eigenvalue weighted by Gasteiger charge is 2.69. The Morgan fingerprint density at radius 3 is 2.67 bits per heavy atom. The molecule has 0 radical (unpaired) electrons. The van der Waals surface area contributed by atoms with Crippen molar-refractivity contribution < 1.29 is 0 Å². The first-order valence-electron chi connectivity index (χ1n) is 6.32. The molecule has 0 heterocycles. The minimum Gasteiger partial charge on any atom is -0.0989 e. The van der Waals surface area contributed by atoms with Crippen LogP contribution in [0.3, 0.4) is 0 Å². The smallest absolute Gasteiger partial charge is 0.0180 e. The molecule has 0 heteroatoms. The normalized spacial score (nSPS) is 46.6. The molecule has 3 aliphatic carbocycles. The maximum absolute atomic E-state index is 4.43. The van der Waals surface area contributed by atoms with Crippen LogP contribution in [0.2, 0.25) is 0 Å². The lowest BCUT2D eigenvalue weighted by Gasteiger charge is -2.44. The van der Waals surface area contributed by atoms with Crippen LogP contribution in [0.4, 0.5) is 0 Å². The van der Waals surface area contributed by atoms with E-state index in [-0.39, 0.29) is 0 Å². The zero-order valence-corrected chi connectivity index (χ0v) is 10.3. The Morgan fingerprint density at radius 2 is 2.00 bits per heavy atom. The van der Waals surface area contributed by atoms with Crippen LogP contribution in [0.5, 0.6) is 0 Å². The Bertz CT molecular complexity index is 371. The van der Waals surface area contributed by atoms with E-state index in [0.717, 1.165) is 0 Å². The molecule has 0 aromatic heterocycles. The topological polar surface area (TPSA) is 0 Å². The van der Waals surface area contributed by atoms with E-state index in [9.17, 15) is 0 Å². The van der Waals surface area contributed by atoms with Gasteiger partial charge in [-0.3, -0.25) is 0 Å². The van der Waals surface area contributed by atoms with Gasteiger partial charge in [0.25, 0.3) is 0 Å². The summed E-state index contributed by atoms with van der Waals surface area (Å²) in [6.07, 6.45) is 9.27. The molecule has 2 saturated carbocycles. The summed E-state index contributed by atoms with van der Waals surface area (Å²) < 4.78 is 0. The molecule has 82 valence electrons. The van der Waals surface area contributed by atoms with Gasteiger partial charge in [0.15, 0.2) is 0 Å². The molecule has 0 nitrogen and oxygen atoms in total. The highest BCUT2D eigenvalue weighted by atomic mass is 14.7. The second-order valence-electron chi connectivity index (χ2n) is 6.60. The quantitative estimate of drug-likeness (QED) is 0.508. The lowest BCUT2D eigenvalue weighted by atomic mass is 9.58. The third-order valence-electron chi connectivity index (χ3n) is 5.96. The van der Waals surface area contributed by atoms with Crippen molar-refractivity contribution in [3.05, 3.63) is 23.8 Å². The minimum absolute atomic E-state index is 0.413. The SMILES string of the molecule is C=C1CC(C)(C)[C@]23CC=C(C)[C@]12CCC3. The van der Waals surface area contributed by atoms with Crippen LogP contribution in [0, 0.1) is 16.2 Å². The van der Waals surface area contributed by atoms with Crippen molar-refractivity contribution >= 4 is 0 Å². The van der Waals surface area contributed by atoms with Crippen molar-refractivity contribution in [2.24, 2.45) is 16.2 Å². The van der Waals surface area contributed by atoms with Gasteiger partial charge in [0.05, 0.1) is 0 Å². The van der Waals surface area contributed by atoms with Crippen molar-refractivity contribution in [3.8, 4) is 0 Å². The summed E-state index contributed by atoms with van der Waals surface area (Å²) in [4.78, 5) is 0. The molecule has 2 atom stereocenters. The highest BCUT2D eigenvalue weighted by Crippen LogP contribution is 2.78. The molecule has 0 bridgehead atoms. The molecule has 0 saturated heterocycles. The van der Waals surface area contributed by atoms with Crippen LogP contribution in [0.25, 0.3) is 0 Å². The van der Waals surface area contributed by atoms with Gasteiger partial charge >= 0.3 is 0 Å². The molecule has 15 heavy (non-hydrogen) atoms. The van der Waals surface area contributed by atoms with E-state index >= 15 is 0 Å². The van der Waals surface area contributed by atoms with E-state index < -0.39 is 0 Å². The first-order chi connectivity index (χ1) is 6.96. The predicted octanol–water partition coefficient (Wildman–Crippen LogP) is 4.48. The van der Waals surface area contributed by atoms with Gasteiger partial charge < -0.3 is 0 Å². The van der Waals surface area contributed by atoms with Crippen LogP contribution in [0.1, 0.15) is 52.9 Å². The fourth-order valence-electron chi connectivity index (χ4n) is 5.30. The Labute approximate surface area is 93.5 Å². The Hall–Kier alpha value is -0.520. The average molecular weight is 202 g/mol. The summed E-state index contributed by atoms with van der Waals surface area (Å²) in [6, 6.07) is 0. The van der Waals surface area contributed by atoms with Crippen LogP contribution in [-0.4, -0.2) is 0 Å². The largest absolute Gasteiger partial charge is 0.0989 e. The molecule has 0 spiro atoms. The van der Waals surface area contributed by atoms with Crippen molar-refractivity contribution in [2.75, 3.05) is 0 Å². The van der Waals surface area contributed by atoms with Gasteiger partial charge in [-0.1, -0.05) is 44.1 Å². The van der Waals surface area contributed by atoms with Crippen LogP contribution in [-0.2, 0) is 0 Å². The fourth-order valence-corrected chi connectivity index (χ4v) is 5.30. The first kappa shape index (κ1) is 9.69. The maximum Gasteiger partial charge on any atom is 0.0180 e. The molecular formula is C15H22. The van der Waals surface area contributed by atoms with Gasteiger partial charge in [0, 0.05) is 5.41 Å². The zero-order valence-electron chi connectivity index (χ0n) is 10.3. The van der Waals surface area contributed by atoms with Crippen LogP contribution in [0.15, 0.2) is 23.8 Å². The lowest BCUT2D eigenvalue weighted by molar-refractivity contribution is 0.0630. The van der Waals surface area contributed by atoms with Gasteiger partial charge in [0.1, 0.15) is 0 Å². The average Bonchev–Trinajstić information content (AvgIpc) is 2.68.